The predicted molar refractivity (Wildman–Crippen MR) is 122 cm³/mol. The van der Waals surface area contributed by atoms with E-state index < -0.39 is 57.5 Å². The van der Waals surface area contributed by atoms with Crippen molar-refractivity contribution in [3.05, 3.63) is 28.8 Å². The second-order valence-corrected chi connectivity index (χ2v) is 12.0. The molecule has 37 heavy (non-hydrogen) atoms. The zero-order chi connectivity index (χ0) is 27.3. The van der Waals surface area contributed by atoms with Gasteiger partial charge in [-0.05, 0) is 88.5 Å². The lowest BCUT2D eigenvalue weighted by Crippen LogP contribution is -2.51. The summed E-state index contributed by atoms with van der Waals surface area (Å²) in [7, 11) is -5.86. The Morgan fingerprint density at radius 2 is 1.73 bits per heavy atom. The molecule has 1 aliphatic heterocycles. The standard InChI is InChI=1S/C24H28F3NO8S/c1-23(2,3)35-22(31)28-14-8-7-13(11-14)20(28)21(30)34-12-18(29)16-9-10-19(17-6-4-5-15(16)17)36-37(32,33)24(25,26)27/h9-10,13-14,20H,4-8,11-12H2,1-3H3. The first-order valence-electron chi connectivity index (χ1n) is 12.0. The zero-order valence-electron chi connectivity index (χ0n) is 20.6. The van der Waals surface area contributed by atoms with Crippen LogP contribution in [0.3, 0.4) is 0 Å². The summed E-state index contributed by atoms with van der Waals surface area (Å²) in [6.07, 6.45) is 2.56. The highest BCUT2D eigenvalue weighted by atomic mass is 32.2. The van der Waals surface area contributed by atoms with Gasteiger partial charge in [-0.15, -0.1) is 0 Å². The third-order valence-electron chi connectivity index (χ3n) is 6.80. The smallest absolute Gasteiger partial charge is 0.456 e. The molecule has 4 rings (SSSR count). The average molecular weight is 548 g/mol. The Hall–Kier alpha value is -2.83. The number of ketones is 1. The Morgan fingerprint density at radius 1 is 1.05 bits per heavy atom. The summed E-state index contributed by atoms with van der Waals surface area (Å²) in [5, 5.41) is 0. The molecular formula is C24H28F3NO8S. The number of esters is 1. The lowest BCUT2D eigenvalue weighted by atomic mass is 9.98. The van der Waals surface area contributed by atoms with Crippen LogP contribution in [0.25, 0.3) is 0 Å². The lowest BCUT2D eigenvalue weighted by Gasteiger charge is -2.35. The number of benzene rings is 1. The van der Waals surface area contributed by atoms with Gasteiger partial charge in [0, 0.05) is 11.6 Å². The molecule has 13 heteroatoms. The van der Waals surface area contributed by atoms with Crippen LogP contribution in [0.15, 0.2) is 12.1 Å². The maximum Gasteiger partial charge on any atom is 0.534 e. The van der Waals surface area contributed by atoms with Crippen LogP contribution >= 0.6 is 0 Å². The number of halogens is 3. The van der Waals surface area contributed by atoms with Gasteiger partial charge in [0.05, 0.1) is 0 Å². The van der Waals surface area contributed by atoms with Crippen LogP contribution in [0.1, 0.15) is 67.9 Å². The summed E-state index contributed by atoms with van der Waals surface area (Å²) < 4.78 is 76.2. The summed E-state index contributed by atoms with van der Waals surface area (Å²) in [6, 6.07) is 1.17. The number of carbonyl (C=O) groups is 3. The molecule has 9 nitrogen and oxygen atoms in total. The van der Waals surface area contributed by atoms with E-state index in [-0.39, 0.29) is 29.5 Å². The second kappa shape index (κ2) is 9.48. The van der Waals surface area contributed by atoms with E-state index in [9.17, 15) is 36.0 Å². The molecule has 3 aliphatic rings. The minimum absolute atomic E-state index is 0.101. The van der Waals surface area contributed by atoms with Crippen molar-refractivity contribution in [2.24, 2.45) is 5.92 Å². The van der Waals surface area contributed by atoms with Crippen molar-refractivity contribution in [1.29, 1.82) is 0 Å². The fourth-order valence-corrected chi connectivity index (χ4v) is 5.83. The quantitative estimate of drug-likeness (QED) is 0.228. The van der Waals surface area contributed by atoms with E-state index >= 15 is 0 Å². The van der Waals surface area contributed by atoms with Gasteiger partial charge in [-0.25, -0.2) is 9.59 Å². The SMILES string of the molecule is CC(C)(C)OC(=O)N1C2CCC(C2)C1C(=O)OCC(=O)c1ccc(OS(=O)(=O)C(F)(F)F)c2c1CCC2. The van der Waals surface area contributed by atoms with Crippen LogP contribution < -0.4 is 4.18 Å². The normalized spacial score (nSPS) is 23.1. The highest BCUT2D eigenvalue weighted by Crippen LogP contribution is 2.43. The minimum Gasteiger partial charge on any atom is -0.456 e. The van der Waals surface area contributed by atoms with E-state index in [2.05, 4.69) is 4.18 Å². The summed E-state index contributed by atoms with van der Waals surface area (Å²) >= 11 is 0. The number of fused-ring (bicyclic) bond motifs is 3. The van der Waals surface area contributed by atoms with Gasteiger partial charge in [-0.1, -0.05) is 0 Å². The van der Waals surface area contributed by atoms with Gasteiger partial charge < -0.3 is 13.7 Å². The van der Waals surface area contributed by atoms with Gasteiger partial charge in [0.15, 0.2) is 6.61 Å². The van der Waals surface area contributed by atoms with Gasteiger partial charge in [-0.3, -0.25) is 9.69 Å². The molecule has 2 bridgehead atoms. The van der Waals surface area contributed by atoms with Crippen LogP contribution in [0.4, 0.5) is 18.0 Å². The molecule has 1 saturated carbocycles. The van der Waals surface area contributed by atoms with Crippen molar-refractivity contribution in [2.45, 2.75) is 82.5 Å². The van der Waals surface area contributed by atoms with E-state index in [0.717, 1.165) is 18.9 Å². The van der Waals surface area contributed by atoms with E-state index in [4.69, 9.17) is 9.47 Å². The van der Waals surface area contributed by atoms with E-state index in [0.29, 0.717) is 24.8 Å². The first-order valence-corrected chi connectivity index (χ1v) is 13.4. The fourth-order valence-electron chi connectivity index (χ4n) is 5.35. The van der Waals surface area contributed by atoms with Crippen molar-refractivity contribution in [3.63, 3.8) is 0 Å². The molecule has 1 heterocycles. The molecule has 0 aromatic heterocycles. The highest BCUT2D eigenvalue weighted by molar-refractivity contribution is 7.88. The van der Waals surface area contributed by atoms with E-state index in [1.54, 1.807) is 20.8 Å². The lowest BCUT2D eigenvalue weighted by molar-refractivity contribution is -0.150. The molecular weight excluding hydrogens is 519 g/mol. The summed E-state index contributed by atoms with van der Waals surface area (Å²) in [6.45, 7) is 4.53. The van der Waals surface area contributed by atoms with E-state index in [1.165, 1.54) is 11.0 Å². The number of carbonyl (C=O) groups excluding carboxylic acids is 3. The Bertz CT molecular complexity index is 1220. The molecule has 1 saturated heterocycles. The van der Waals surface area contributed by atoms with Crippen LogP contribution in [0.2, 0.25) is 0 Å². The topological polar surface area (TPSA) is 116 Å². The predicted octanol–water partition coefficient (Wildman–Crippen LogP) is 3.92. The number of Topliss-reactive ketones (excluding diaryl/α,β-unsaturated/α-hetero) is 1. The van der Waals surface area contributed by atoms with Crippen LogP contribution in [0, 0.1) is 5.92 Å². The Labute approximate surface area is 212 Å². The molecule has 3 unspecified atom stereocenters. The third-order valence-corrected chi connectivity index (χ3v) is 7.77. The van der Waals surface area contributed by atoms with Crippen molar-refractivity contribution in [1.82, 2.24) is 4.90 Å². The molecule has 204 valence electrons. The number of alkyl halides is 3. The number of hydrogen-bond donors (Lipinski definition) is 0. The Balaban J connectivity index is 1.46. The first kappa shape index (κ1) is 27.2. The third kappa shape index (κ3) is 5.41. The van der Waals surface area contributed by atoms with Gasteiger partial charge in [0.1, 0.15) is 17.4 Å². The molecule has 0 radical (unpaired) electrons. The second-order valence-electron chi connectivity index (χ2n) is 10.5. The molecule has 1 amide bonds. The molecule has 0 spiro atoms. The zero-order valence-corrected chi connectivity index (χ0v) is 21.4. The van der Waals surface area contributed by atoms with Crippen LogP contribution in [0.5, 0.6) is 5.75 Å². The number of rotatable bonds is 6. The molecule has 2 aliphatic carbocycles. The number of nitrogens with zero attached hydrogens (tertiary/aromatic N) is 1. The number of piperidine rings is 1. The van der Waals surface area contributed by atoms with Gasteiger partial charge in [-0.2, -0.15) is 21.6 Å². The van der Waals surface area contributed by atoms with Crippen molar-refractivity contribution in [2.75, 3.05) is 6.61 Å². The number of hydrogen-bond acceptors (Lipinski definition) is 8. The molecule has 2 fully saturated rings. The van der Waals surface area contributed by atoms with Gasteiger partial charge >= 0.3 is 27.7 Å². The van der Waals surface area contributed by atoms with Gasteiger partial charge in [0.25, 0.3) is 0 Å². The number of amides is 1. The highest BCUT2D eigenvalue weighted by Gasteiger charge is 2.53. The first-order chi connectivity index (χ1) is 17.1. The average Bonchev–Trinajstić information content (AvgIpc) is 3.51. The van der Waals surface area contributed by atoms with Crippen LogP contribution in [-0.4, -0.2) is 61.0 Å². The molecule has 3 atom stereocenters. The van der Waals surface area contributed by atoms with Crippen molar-refractivity contribution >= 4 is 28.0 Å². The monoisotopic (exact) mass is 547 g/mol. The van der Waals surface area contributed by atoms with Crippen molar-refractivity contribution in [3.8, 4) is 5.75 Å². The number of likely N-dealkylation sites (tertiary alicyclic amines) is 1. The van der Waals surface area contributed by atoms with Crippen LogP contribution in [-0.2, 0) is 37.2 Å². The maximum absolute atomic E-state index is 13.0. The van der Waals surface area contributed by atoms with Crippen molar-refractivity contribution < 1.29 is 49.6 Å². The summed E-state index contributed by atoms with van der Waals surface area (Å²) in [5.41, 5.74) is -5.65. The summed E-state index contributed by atoms with van der Waals surface area (Å²) in [5.74, 6) is -1.90. The molecule has 1 aromatic carbocycles. The van der Waals surface area contributed by atoms with E-state index in [1.807, 2.05) is 0 Å². The number of ether oxygens (including phenoxy) is 2. The Morgan fingerprint density at radius 3 is 2.38 bits per heavy atom. The largest absolute Gasteiger partial charge is 0.534 e. The molecule has 1 aromatic rings. The molecule has 0 N–H and O–H groups in total. The Kier molecular flexibility index (Phi) is 6.97. The summed E-state index contributed by atoms with van der Waals surface area (Å²) in [4.78, 5) is 40.0. The van der Waals surface area contributed by atoms with Gasteiger partial charge in [0.2, 0.25) is 5.78 Å². The maximum atomic E-state index is 13.0. The minimum atomic E-state index is -5.86. The fraction of sp³-hybridized carbons (Fsp3) is 0.625.